The molecule has 0 radical (unpaired) electrons. The van der Waals surface area contributed by atoms with Crippen molar-refractivity contribution in [2.75, 3.05) is 26.2 Å². The number of aliphatic hydroxyl groups excluding tert-OH is 1. The maximum Gasteiger partial charge on any atom is 0.228 e. The lowest BCUT2D eigenvalue weighted by atomic mass is 9.79. The molecule has 2 rings (SSSR count). The van der Waals surface area contributed by atoms with Crippen LogP contribution in [-0.2, 0) is 4.79 Å². The van der Waals surface area contributed by atoms with Gasteiger partial charge in [0.1, 0.15) is 0 Å². The van der Waals surface area contributed by atoms with Gasteiger partial charge in [0.15, 0.2) is 0 Å². The van der Waals surface area contributed by atoms with Crippen LogP contribution < -0.4 is 5.32 Å². The summed E-state index contributed by atoms with van der Waals surface area (Å²) in [6.45, 7) is 4.89. The van der Waals surface area contributed by atoms with Gasteiger partial charge in [-0.1, -0.05) is 19.8 Å². The fourth-order valence-electron chi connectivity index (χ4n) is 3.17. The van der Waals surface area contributed by atoms with E-state index in [9.17, 15) is 9.90 Å². The zero-order valence-corrected chi connectivity index (χ0v) is 11.5. The topological polar surface area (TPSA) is 52.6 Å². The number of hydrogen-bond acceptors (Lipinski definition) is 3. The third-order valence-electron chi connectivity index (χ3n) is 4.57. The van der Waals surface area contributed by atoms with E-state index in [1.807, 2.05) is 4.90 Å². The number of aliphatic hydroxyl groups is 1. The molecule has 0 aliphatic carbocycles. The minimum absolute atomic E-state index is 0.0479. The van der Waals surface area contributed by atoms with E-state index in [0.717, 1.165) is 51.7 Å². The molecule has 1 unspecified atom stereocenters. The fraction of sp³-hybridized carbons (Fsp3) is 0.929. The first-order chi connectivity index (χ1) is 8.67. The van der Waals surface area contributed by atoms with E-state index in [0.29, 0.717) is 0 Å². The van der Waals surface area contributed by atoms with Gasteiger partial charge in [0, 0.05) is 12.0 Å². The van der Waals surface area contributed by atoms with Crippen molar-refractivity contribution < 1.29 is 9.90 Å². The summed E-state index contributed by atoms with van der Waals surface area (Å²) >= 11 is 0. The van der Waals surface area contributed by atoms with E-state index in [-0.39, 0.29) is 24.0 Å². The monoisotopic (exact) mass is 254 g/mol. The second-order valence-electron chi connectivity index (χ2n) is 5.99. The van der Waals surface area contributed by atoms with Gasteiger partial charge in [-0.2, -0.15) is 0 Å². The SMILES string of the molecule is CC1(C(=O)N2CCCCCC2CO)CCNCC1. The summed E-state index contributed by atoms with van der Waals surface area (Å²) in [6.07, 6.45) is 6.18. The van der Waals surface area contributed by atoms with Gasteiger partial charge in [0.2, 0.25) is 5.91 Å². The van der Waals surface area contributed by atoms with Crippen molar-refractivity contribution in [3.63, 3.8) is 0 Å². The number of amides is 1. The van der Waals surface area contributed by atoms with Crippen molar-refractivity contribution in [3.05, 3.63) is 0 Å². The highest BCUT2D eigenvalue weighted by atomic mass is 16.3. The Morgan fingerprint density at radius 1 is 1.33 bits per heavy atom. The number of nitrogens with one attached hydrogen (secondary N) is 1. The summed E-state index contributed by atoms with van der Waals surface area (Å²) in [6, 6.07) is 0.0479. The molecule has 2 aliphatic rings. The van der Waals surface area contributed by atoms with E-state index in [4.69, 9.17) is 0 Å². The molecule has 2 aliphatic heterocycles. The molecule has 0 saturated carbocycles. The largest absolute Gasteiger partial charge is 0.394 e. The van der Waals surface area contributed by atoms with Gasteiger partial charge in [0.05, 0.1) is 12.6 Å². The van der Waals surface area contributed by atoms with Crippen molar-refractivity contribution in [1.29, 1.82) is 0 Å². The molecular formula is C14H26N2O2. The summed E-state index contributed by atoms with van der Waals surface area (Å²) in [5, 5.41) is 12.8. The molecule has 1 atom stereocenters. The van der Waals surface area contributed by atoms with E-state index < -0.39 is 0 Å². The quantitative estimate of drug-likeness (QED) is 0.777. The number of likely N-dealkylation sites (tertiary alicyclic amines) is 1. The number of carbonyl (C=O) groups excluding carboxylic acids is 1. The third kappa shape index (κ3) is 2.86. The Labute approximate surface area is 110 Å². The van der Waals surface area contributed by atoms with Crippen LogP contribution in [0.2, 0.25) is 0 Å². The highest BCUT2D eigenvalue weighted by Gasteiger charge is 2.39. The molecule has 2 saturated heterocycles. The molecule has 0 aromatic rings. The van der Waals surface area contributed by atoms with Crippen molar-refractivity contribution in [3.8, 4) is 0 Å². The van der Waals surface area contributed by atoms with Crippen molar-refractivity contribution in [2.45, 2.75) is 51.5 Å². The van der Waals surface area contributed by atoms with Gasteiger partial charge < -0.3 is 15.3 Å². The Morgan fingerprint density at radius 3 is 2.72 bits per heavy atom. The van der Waals surface area contributed by atoms with Crippen molar-refractivity contribution in [1.82, 2.24) is 10.2 Å². The minimum Gasteiger partial charge on any atom is -0.394 e. The fourth-order valence-corrected chi connectivity index (χ4v) is 3.17. The second-order valence-corrected chi connectivity index (χ2v) is 5.99. The second kappa shape index (κ2) is 6.02. The van der Waals surface area contributed by atoms with E-state index in [1.54, 1.807) is 0 Å². The van der Waals surface area contributed by atoms with Crippen LogP contribution >= 0.6 is 0 Å². The van der Waals surface area contributed by atoms with Gasteiger partial charge in [-0.15, -0.1) is 0 Å². The molecular weight excluding hydrogens is 228 g/mol. The summed E-state index contributed by atoms with van der Waals surface area (Å²) in [5.41, 5.74) is -0.219. The first kappa shape index (κ1) is 13.8. The Balaban J connectivity index is 2.09. The highest BCUT2D eigenvalue weighted by molar-refractivity contribution is 5.82. The lowest BCUT2D eigenvalue weighted by Gasteiger charge is -2.39. The van der Waals surface area contributed by atoms with Crippen LogP contribution in [0.15, 0.2) is 0 Å². The normalized spacial score (nSPS) is 28.8. The van der Waals surface area contributed by atoms with Crippen molar-refractivity contribution in [2.24, 2.45) is 5.41 Å². The van der Waals surface area contributed by atoms with E-state index >= 15 is 0 Å². The molecule has 0 bridgehead atoms. The predicted molar refractivity (Wildman–Crippen MR) is 71.3 cm³/mol. The average molecular weight is 254 g/mol. The lowest BCUT2D eigenvalue weighted by molar-refractivity contribution is -0.146. The third-order valence-corrected chi connectivity index (χ3v) is 4.57. The summed E-state index contributed by atoms with van der Waals surface area (Å²) in [4.78, 5) is 14.8. The van der Waals surface area contributed by atoms with E-state index in [1.165, 1.54) is 6.42 Å². The molecule has 2 N–H and O–H groups in total. The van der Waals surface area contributed by atoms with E-state index in [2.05, 4.69) is 12.2 Å². The summed E-state index contributed by atoms with van der Waals surface area (Å²) in [5.74, 6) is 0.268. The highest BCUT2D eigenvalue weighted by Crippen LogP contribution is 2.32. The van der Waals surface area contributed by atoms with Crippen LogP contribution in [0.4, 0.5) is 0 Å². The van der Waals surface area contributed by atoms with Gasteiger partial charge in [0.25, 0.3) is 0 Å². The molecule has 18 heavy (non-hydrogen) atoms. The first-order valence-corrected chi connectivity index (χ1v) is 7.30. The molecule has 0 spiro atoms. The maximum absolute atomic E-state index is 12.8. The van der Waals surface area contributed by atoms with Crippen LogP contribution in [0.25, 0.3) is 0 Å². The average Bonchev–Trinajstić information content (AvgIpc) is 2.63. The van der Waals surface area contributed by atoms with Crippen LogP contribution in [0.3, 0.4) is 0 Å². The number of piperidine rings is 1. The number of nitrogens with zero attached hydrogens (tertiary/aromatic N) is 1. The van der Waals surface area contributed by atoms with Crippen LogP contribution in [-0.4, -0.2) is 48.2 Å². The zero-order chi connectivity index (χ0) is 13.0. The lowest BCUT2D eigenvalue weighted by Crippen LogP contribution is -2.52. The maximum atomic E-state index is 12.8. The molecule has 0 aromatic heterocycles. The number of hydrogen-bond donors (Lipinski definition) is 2. The Kier molecular flexibility index (Phi) is 4.62. The summed E-state index contributed by atoms with van der Waals surface area (Å²) < 4.78 is 0. The molecule has 4 nitrogen and oxygen atoms in total. The molecule has 1 amide bonds. The number of carbonyl (C=O) groups is 1. The Morgan fingerprint density at radius 2 is 2.06 bits per heavy atom. The minimum atomic E-state index is -0.219. The Hall–Kier alpha value is -0.610. The zero-order valence-electron chi connectivity index (χ0n) is 11.5. The van der Waals surface area contributed by atoms with Crippen LogP contribution in [0, 0.1) is 5.41 Å². The molecule has 4 heteroatoms. The van der Waals surface area contributed by atoms with Gasteiger partial charge in [-0.05, 0) is 38.8 Å². The van der Waals surface area contributed by atoms with Crippen LogP contribution in [0.1, 0.15) is 45.4 Å². The molecule has 2 heterocycles. The van der Waals surface area contributed by atoms with Crippen molar-refractivity contribution >= 4 is 5.91 Å². The molecule has 104 valence electrons. The summed E-state index contributed by atoms with van der Waals surface area (Å²) in [7, 11) is 0. The Bertz CT molecular complexity index is 288. The standard InChI is InChI=1S/C14H26N2O2/c1-14(6-8-15-9-7-14)13(18)16-10-4-2-3-5-12(16)11-17/h12,15,17H,2-11H2,1H3. The van der Waals surface area contributed by atoms with Gasteiger partial charge in [-0.3, -0.25) is 4.79 Å². The first-order valence-electron chi connectivity index (χ1n) is 7.30. The smallest absolute Gasteiger partial charge is 0.228 e. The molecule has 2 fully saturated rings. The van der Waals surface area contributed by atoms with Gasteiger partial charge >= 0.3 is 0 Å². The number of rotatable bonds is 2. The van der Waals surface area contributed by atoms with Gasteiger partial charge in [-0.25, -0.2) is 0 Å². The van der Waals surface area contributed by atoms with Crippen LogP contribution in [0.5, 0.6) is 0 Å². The molecule has 0 aromatic carbocycles. The predicted octanol–water partition coefficient (Wildman–Crippen LogP) is 1.14.